The van der Waals surface area contributed by atoms with Crippen LogP contribution in [0.3, 0.4) is 0 Å². The van der Waals surface area contributed by atoms with Gasteiger partial charge in [-0.3, -0.25) is 9.13 Å². The molecule has 10 heteroatoms. The van der Waals surface area contributed by atoms with Gasteiger partial charge in [-0.15, -0.1) is 10.2 Å². The summed E-state index contributed by atoms with van der Waals surface area (Å²) >= 11 is 0. The van der Waals surface area contributed by atoms with E-state index in [1.807, 2.05) is 4.57 Å². The van der Waals surface area contributed by atoms with Crippen molar-refractivity contribution >= 4 is 11.8 Å². The Bertz CT molecular complexity index is 1050. The zero-order valence-corrected chi connectivity index (χ0v) is 16.4. The van der Waals surface area contributed by atoms with Crippen LogP contribution < -0.4 is 4.90 Å². The molecule has 29 heavy (non-hydrogen) atoms. The average molecular weight is 394 g/mol. The number of aromatic nitrogens is 7. The van der Waals surface area contributed by atoms with E-state index in [4.69, 9.17) is 9.72 Å². The molecule has 0 amide bonds. The van der Waals surface area contributed by atoms with E-state index in [1.54, 1.807) is 23.3 Å². The van der Waals surface area contributed by atoms with Crippen LogP contribution >= 0.6 is 0 Å². The summed E-state index contributed by atoms with van der Waals surface area (Å²) in [6, 6.07) is 0.532. The summed E-state index contributed by atoms with van der Waals surface area (Å²) in [6.45, 7) is 2.16. The normalized spacial score (nSPS) is 18.6. The number of carbonyl (C=O) groups excluding carboxylic acids is 1. The van der Waals surface area contributed by atoms with Gasteiger partial charge in [0.15, 0.2) is 17.3 Å². The molecular formula is C19H22N8O2. The highest BCUT2D eigenvalue weighted by molar-refractivity contribution is 5.86. The lowest BCUT2D eigenvalue weighted by Crippen LogP contribution is -2.42. The van der Waals surface area contributed by atoms with E-state index >= 15 is 0 Å². The summed E-state index contributed by atoms with van der Waals surface area (Å²) in [7, 11) is 1.33. The molecule has 4 heterocycles. The van der Waals surface area contributed by atoms with E-state index in [-0.39, 0.29) is 11.7 Å². The second-order valence-corrected chi connectivity index (χ2v) is 7.37. The number of carbonyl (C=O) groups is 1. The molecular weight excluding hydrogens is 372 g/mol. The summed E-state index contributed by atoms with van der Waals surface area (Å²) in [6.07, 6.45) is 12.3. The van der Waals surface area contributed by atoms with Crippen molar-refractivity contribution in [2.24, 2.45) is 0 Å². The topological polar surface area (TPSA) is 104 Å². The van der Waals surface area contributed by atoms with E-state index in [9.17, 15) is 4.79 Å². The van der Waals surface area contributed by atoms with Crippen LogP contribution in [-0.4, -0.2) is 53.4 Å². The third-order valence-corrected chi connectivity index (χ3v) is 5.76. The number of imidazole rings is 1. The summed E-state index contributed by atoms with van der Waals surface area (Å²) in [4.78, 5) is 27.6. The molecule has 10 nitrogen and oxygen atoms in total. The van der Waals surface area contributed by atoms with Gasteiger partial charge >= 0.3 is 5.97 Å². The van der Waals surface area contributed by atoms with Gasteiger partial charge in [0.25, 0.3) is 0 Å². The van der Waals surface area contributed by atoms with E-state index in [2.05, 4.69) is 32.0 Å². The highest BCUT2D eigenvalue weighted by Gasteiger charge is 2.38. The van der Waals surface area contributed by atoms with E-state index in [1.165, 1.54) is 26.3 Å². The number of methoxy groups -OCH3 is 1. The van der Waals surface area contributed by atoms with Gasteiger partial charge in [0.2, 0.25) is 5.95 Å². The zero-order valence-electron chi connectivity index (χ0n) is 16.4. The van der Waals surface area contributed by atoms with Crippen molar-refractivity contribution in [2.45, 2.75) is 51.1 Å². The standard InChI is InChI=1S/C19H22N8O2/c1-3-14-17-24-22-11-26(17)15-8-20-19(25-9-13(21-10-25)18(28)29-2)23-16(15)27(14)12-6-4-5-7-12/h8-12,14H,3-7H2,1-2H3. The maximum absolute atomic E-state index is 11.7. The van der Waals surface area contributed by atoms with Crippen molar-refractivity contribution in [3.8, 4) is 11.6 Å². The molecule has 0 N–H and O–H groups in total. The number of nitrogens with zero attached hydrogens (tertiary/aromatic N) is 8. The molecule has 2 aliphatic rings. The van der Waals surface area contributed by atoms with Gasteiger partial charge in [0.1, 0.15) is 18.3 Å². The molecule has 0 bridgehead atoms. The molecule has 1 unspecified atom stereocenters. The molecule has 1 saturated carbocycles. The van der Waals surface area contributed by atoms with Crippen molar-refractivity contribution in [3.63, 3.8) is 0 Å². The van der Waals surface area contributed by atoms with Crippen molar-refractivity contribution in [1.82, 2.24) is 34.3 Å². The van der Waals surface area contributed by atoms with Crippen molar-refractivity contribution in [3.05, 3.63) is 36.6 Å². The fourth-order valence-electron chi connectivity index (χ4n) is 4.40. The van der Waals surface area contributed by atoms with Crippen LogP contribution in [0.25, 0.3) is 11.6 Å². The van der Waals surface area contributed by atoms with Crippen LogP contribution in [0.4, 0.5) is 5.82 Å². The molecule has 150 valence electrons. The maximum atomic E-state index is 11.7. The minimum Gasteiger partial charge on any atom is -0.464 e. The maximum Gasteiger partial charge on any atom is 0.358 e. The Kier molecular flexibility index (Phi) is 4.26. The molecule has 1 aliphatic heterocycles. The number of hydrogen-bond acceptors (Lipinski definition) is 8. The van der Waals surface area contributed by atoms with E-state index in [0.717, 1.165) is 36.6 Å². The van der Waals surface area contributed by atoms with Crippen LogP contribution in [0.15, 0.2) is 25.0 Å². The van der Waals surface area contributed by atoms with Crippen LogP contribution in [0.1, 0.15) is 61.4 Å². The van der Waals surface area contributed by atoms with Gasteiger partial charge in [0.05, 0.1) is 19.3 Å². The summed E-state index contributed by atoms with van der Waals surface area (Å²) < 4.78 is 8.36. The zero-order chi connectivity index (χ0) is 20.0. The van der Waals surface area contributed by atoms with Gasteiger partial charge in [-0.2, -0.15) is 4.98 Å². The van der Waals surface area contributed by atoms with Crippen LogP contribution in [0.5, 0.6) is 0 Å². The van der Waals surface area contributed by atoms with Crippen molar-refractivity contribution in [2.75, 3.05) is 12.0 Å². The molecule has 0 saturated heterocycles. The van der Waals surface area contributed by atoms with Crippen molar-refractivity contribution < 1.29 is 9.53 Å². The first kappa shape index (κ1) is 17.8. The first-order valence-electron chi connectivity index (χ1n) is 9.89. The molecule has 3 aromatic rings. The molecule has 5 rings (SSSR count). The van der Waals surface area contributed by atoms with Crippen LogP contribution in [0.2, 0.25) is 0 Å². The van der Waals surface area contributed by atoms with Gasteiger partial charge < -0.3 is 9.64 Å². The Morgan fingerprint density at radius 1 is 1.24 bits per heavy atom. The summed E-state index contributed by atoms with van der Waals surface area (Å²) in [5.41, 5.74) is 1.09. The predicted molar refractivity (Wildman–Crippen MR) is 103 cm³/mol. The summed E-state index contributed by atoms with van der Waals surface area (Å²) in [5.74, 6) is 1.77. The predicted octanol–water partition coefficient (Wildman–Crippen LogP) is 2.24. The Hall–Kier alpha value is -3.30. The number of rotatable bonds is 4. The first-order valence-corrected chi connectivity index (χ1v) is 9.89. The Morgan fingerprint density at radius 3 is 2.83 bits per heavy atom. The van der Waals surface area contributed by atoms with E-state index in [0.29, 0.717) is 12.0 Å². The third kappa shape index (κ3) is 2.78. The van der Waals surface area contributed by atoms with Crippen LogP contribution in [0, 0.1) is 0 Å². The fraction of sp³-hybridized carbons (Fsp3) is 0.474. The highest BCUT2D eigenvalue weighted by Crippen LogP contribution is 2.42. The van der Waals surface area contributed by atoms with Gasteiger partial charge in [0, 0.05) is 12.2 Å². The third-order valence-electron chi connectivity index (χ3n) is 5.76. The molecule has 0 radical (unpaired) electrons. The molecule has 0 aromatic carbocycles. The van der Waals surface area contributed by atoms with Gasteiger partial charge in [-0.05, 0) is 19.3 Å². The molecule has 1 aliphatic carbocycles. The Balaban J connectivity index is 1.63. The average Bonchev–Trinajstić information content (AvgIpc) is 3.52. The Morgan fingerprint density at radius 2 is 2.07 bits per heavy atom. The smallest absolute Gasteiger partial charge is 0.358 e. The van der Waals surface area contributed by atoms with Crippen LogP contribution in [-0.2, 0) is 4.74 Å². The monoisotopic (exact) mass is 394 g/mol. The number of ether oxygens (including phenoxy) is 1. The fourth-order valence-corrected chi connectivity index (χ4v) is 4.40. The number of anilines is 1. The lowest BCUT2D eigenvalue weighted by Gasteiger charge is -2.40. The second kappa shape index (κ2) is 6.94. The molecule has 0 spiro atoms. The lowest BCUT2D eigenvalue weighted by molar-refractivity contribution is 0.0594. The molecule has 1 atom stereocenters. The Labute approximate surface area is 167 Å². The number of fused-ring (bicyclic) bond motifs is 3. The molecule has 1 fully saturated rings. The largest absolute Gasteiger partial charge is 0.464 e. The summed E-state index contributed by atoms with van der Waals surface area (Å²) in [5, 5.41) is 8.53. The lowest BCUT2D eigenvalue weighted by atomic mass is 10.0. The highest BCUT2D eigenvalue weighted by atomic mass is 16.5. The molecule has 3 aromatic heterocycles. The SMILES string of the molecule is CCC1c2nncn2-c2cnc(-n3cnc(C(=O)OC)c3)nc2N1C1CCCC1. The number of esters is 1. The minimum atomic E-state index is -0.491. The van der Waals surface area contributed by atoms with Gasteiger partial charge in [-0.25, -0.2) is 14.8 Å². The van der Waals surface area contributed by atoms with Gasteiger partial charge in [-0.1, -0.05) is 19.8 Å². The quantitative estimate of drug-likeness (QED) is 0.621. The first-order chi connectivity index (χ1) is 14.2. The van der Waals surface area contributed by atoms with E-state index < -0.39 is 5.97 Å². The minimum absolute atomic E-state index is 0.115. The number of hydrogen-bond donors (Lipinski definition) is 0. The van der Waals surface area contributed by atoms with Crippen molar-refractivity contribution in [1.29, 1.82) is 0 Å². The second-order valence-electron chi connectivity index (χ2n) is 7.37.